The summed E-state index contributed by atoms with van der Waals surface area (Å²) in [6.45, 7) is 4.06. The van der Waals surface area contributed by atoms with Crippen LogP contribution in [0.4, 0.5) is 0 Å². The zero-order chi connectivity index (χ0) is 13.9. The second-order valence-electron chi connectivity index (χ2n) is 5.85. The maximum absolute atomic E-state index is 10.5. The van der Waals surface area contributed by atoms with Crippen LogP contribution in [0.15, 0.2) is 16.5 Å². The normalized spacial score (nSPS) is 28.8. The molecule has 1 N–H and O–H groups in total. The van der Waals surface area contributed by atoms with E-state index in [2.05, 4.69) is 13.0 Å². The molecule has 0 aliphatic heterocycles. The average Bonchev–Trinajstić information content (AvgIpc) is 2.86. The second-order valence-corrected chi connectivity index (χ2v) is 5.85. The lowest BCUT2D eigenvalue weighted by molar-refractivity contribution is 0.00861. The Hall–Kier alpha value is -1.27. The molecule has 2 rings (SSSR count). The van der Waals surface area contributed by atoms with Crippen molar-refractivity contribution in [3.8, 4) is 6.07 Å². The van der Waals surface area contributed by atoms with Gasteiger partial charge in [0.1, 0.15) is 17.6 Å². The smallest absolute Gasteiger partial charge is 0.134 e. The summed E-state index contributed by atoms with van der Waals surface area (Å²) >= 11 is 0. The van der Waals surface area contributed by atoms with Crippen LogP contribution in [0.1, 0.15) is 63.1 Å². The number of furan rings is 1. The summed E-state index contributed by atoms with van der Waals surface area (Å²) in [5, 5.41) is 20.1. The Labute approximate surface area is 115 Å². The van der Waals surface area contributed by atoms with E-state index in [0.29, 0.717) is 5.76 Å². The molecule has 1 atom stereocenters. The standard InChI is InChI=1S/C16H23NO2/c1-3-4-13-7-9-16(11-17,10-8-13)15(18)14-6-5-12(2)19-14/h5-6,13,15,18H,3-4,7-10H2,1-2H3. The Morgan fingerprint density at radius 2 is 2.16 bits per heavy atom. The Morgan fingerprint density at radius 3 is 2.63 bits per heavy atom. The Balaban J connectivity index is 2.10. The number of aryl methyl sites for hydroxylation is 1. The summed E-state index contributed by atoms with van der Waals surface area (Å²) in [5.41, 5.74) is -0.658. The van der Waals surface area contributed by atoms with Gasteiger partial charge in [-0.2, -0.15) is 5.26 Å². The third-order valence-corrected chi connectivity index (χ3v) is 4.47. The van der Waals surface area contributed by atoms with Crippen LogP contribution in [0.5, 0.6) is 0 Å². The van der Waals surface area contributed by atoms with Gasteiger partial charge in [0, 0.05) is 0 Å². The number of aliphatic hydroxyl groups excluding tert-OH is 1. The molecule has 0 bridgehead atoms. The van der Waals surface area contributed by atoms with Gasteiger partial charge < -0.3 is 9.52 Å². The van der Waals surface area contributed by atoms with E-state index in [9.17, 15) is 10.4 Å². The van der Waals surface area contributed by atoms with Crippen molar-refractivity contribution in [2.75, 3.05) is 0 Å². The topological polar surface area (TPSA) is 57.2 Å². The lowest BCUT2D eigenvalue weighted by Gasteiger charge is -2.37. The number of nitrogens with zero attached hydrogens (tertiary/aromatic N) is 1. The molecule has 1 aromatic heterocycles. The zero-order valence-corrected chi connectivity index (χ0v) is 11.9. The lowest BCUT2D eigenvalue weighted by Crippen LogP contribution is -2.32. The Morgan fingerprint density at radius 1 is 1.47 bits per heavy atom. The van der Waals surface area contributed by atoms with Crippen LogP contribution in [0, 0.1) is 29.6 Å². The van der Waals surface area contributed by atoms with E-state index in [1.54, 1.807) is 6.07 Å². The summed E-state index contributed by atoms with van der Waals surface area (Å²) in [7, 11) is 0. The zero-order valence-electron chi connectivity index (χ0n) is 11.9. The fourth-order valence-electron chi connectivity index (χ4n) is 3.21. The molecule has 104 valence electrons. The van der Waals surface area contributed by atoms with E-state index in [1.165, 1.54) is 12.8 Å². The highest BCUT2D eigenvalue weighted by molar-refractivity contribution is 5.16. The van der Waals surface area contributed by atoms with Gasteiger partial charge in [0.15, 0.2) is 0 Å². The van der Waals surface area contributed by atoms with Gasteiger partial charge in [-0.25, -0.2) is 0 Å². The minimum atomic E-state index is -0.797. The van der Waals surface area contributed by atoms with Crippen LogP contribution in [0.3, 0.4) is 0 Å². The average molecular weight is 261 g/mol. The first kappa shape index (κ1) is 14.1. The number of aliphatic hydroxyl groups is 1. The molecule has 3 heteroatoms. The van der Waals surface area contributed by atoms with Crippen molar-refractivity contribution in [3.05, 3.63) is 23.7 Å². The molecule has 1 aliphatic rings. The molecule has 0 aromatic carbocycles. The molecular weight excluding hydrogens is 238 g/mol. The van der Waals surface area contributed by atoms with Crippen LogP contribution < -0.4 is 0 Å². The molecule has 1 aromatic rings. The molecule has 0 saturated heterocycles. The van der Waals surface area contributed by atoms with Crippen molar-refractivity contribution in [2.45, 2.75) is 58.5 Å². The minimum absolute atomic E-state index is 0.535. The monoisotopic (exact) mass is 261 g/mol. The van der Waals surface area contributed by atoms with E-state index in [-0.39, 0.29) is 0 Å². The first-order valence-electron chi connectivity index (χ1n) is 7.27. The highest BCUT2D eigenvalue weighted by Gasteiger charge is 2.43. The maximum Gasteiger partial charge on any atom is 0.134 e. The number of rotatable bonds is 4. The van der Waals surface area contributed by atoms with Gasteiger partial charge in [-0.3, -0.25) is 0 Å². The second kappa shape index (κ2) is 5.79. The van der Waals surface area contributed by atoms with Crippen molar-refractivity contribution >= 4 is 0 Å². The van der Waals surface area contributed by atoms with Crippen molar-refractivity contribution in [3.63, 3.8) is 0 Å². The predicted octanol–water partition coefficient (Wildman–Crippen LogP) is 4.12. The molecule has 0 amide bonds. The fourth-order valence-corrected chi connectivity index (χ4v) is 3.21. The third-order valence-electron chi connectivity index (χ3n) is 4.47. The molecule has 3 nitrogen and oxygen atoms in total. The van der Waals surface area contributed by atoms with Crippen molar-refractivity contribution < 1.29 is 9.52 Å². The third kappa shape index (κ3) is 2.84. The summed E-state index contributed by atoms with van der Waals surface area (Å²) in [6.07, 6.45) is 5.26. The summed E-state index contributed by atoms with van der Waals surface area (Å²) < 4.78 is 5.50. The van der Waals surface area contributed by atoms with Crippen LogP contribution in [0.25, 0.3) is 0 Å². The summed E-state index contributed by atoms with van der Waals surface area (Å²) in [5.74, 6) is 2.03. The SMILES string of the molecule is CCCC1CCC(C#N)(C(O)c2ccc(C)o2)CC1. The quantitative estimate of drug-likeness (QED) is 0.886. The van der Waals surface area contributed by atoms with E-state index in [1.807, 2.05) is 13.0 Å². The van der Waals surface area contributed by atoms with Crippen molar-refractivity contribution in [1.29, 1.82) is 5.26 Å². The summed E-state index contributed by atoms with van der Waals surface area (Å²) in [4.78, 5) is 0. The highest BCUT2D eigenvalue weighted by atomic mass is 16.4. The van der Waals surface area contributed by atoms with Gasteiger partial charge >= 0.3 is 0 Å². The fraction of sp³-hybridized carbons (Fsp3) is 0.688. The van der Waals surface area contributed by atoms with Gasteiger partial charge in [0.25, 0.3) is 0 Å². The molecule has 1 unspecified atom stereocenters. The van der Waals surface area contributed by atoms with Crippen molar-refractivity contribution in [1.82, 2.24) is 0 Å². The van der Waals surface area contributed by atoms with E-state index in [0.717, 1.165) is 37.4 Å². The van der Waals surface area contributed by atoms with E-state index < -0.39 is 11.5 Å². The van der Waals surface area contributed by atoms with E-state index >= 15 is 0 Å². The van der Waals surface area contributed by atoms with Crippen LogP contribution in [-0.2, 0) is 0 Å². The van der Waals surface area contributed by atoms with Crippen LogP contribution >= 0.6 is 0 Å². The molecule has 1 aliphatic carbocycles. The number of nitriles is 1. The number of hydrogen-bond acceptors (Lipinski definition) is 3. The van der Waals surface area contributed by atoms with Gasteiger partial charge in [0.05, 0.1) is 11.5 Å². The molecule has 1 fully saturated rings. The molecule has 0 radical (unpaired) electrons. The van der Waals surface area contributed by atoms with Crippen LogP contribution in [0.2, 0.25) is 0 Å². The first-order valence-corrected chi connectivity index (χ1v) is 7.27. The molecule has 1 saturated carbocycles. The number of hydrogen-bond donors (Lipinski definition) is 1. The Kier molecular flexibility index (Phi) is 4.31. The largest absolute Gasteiger partial charge is 0.464 e. The summed E-state index contributed by atoms with van der Waals surface area (Å²) in [6, 6.07) is 6.01. The van der Waals surface area contributed by atoms with Gasteiger partial charge in [-0.15, -0.1) is 0 Å². The highest BCUT2D eigenvalue weighted by Crippen LogP contribution is 2.48. The minimum Gasteiger partial charge on any atom is -0.464 e. The van der Waals surface area contributed by atoms with Crippen LogP contribution in [-0.4, -0.2) is 5.11 Å². The maximum atomic E-state index is 10.5. The van der Waals surface area contributed by atoms with E-state index in [4.69, 9.17) is 4.42 Å². The first-order chi connectivity index (χ1) is 9.11. The molecular formula is C16H23NO2. The molecule has 0 spiro atoms. The van der Waals surface area contributed by atoms with Gasteiger partial charge in [-0.1, -0.05) is 19.8 Å². The van der Waals surface area contributed by atoms with Gasteiger partial charge in [-0.05, 0) is 50.7 Å². The van der Waals surface area contributed by atoms with Crippen molar-refractivity contribution in [2.24, 2.45) is 11.3 Å². The predicted molar refractivity (Wildman–Crippen MR) is 73.3 cm³/mol. The lowest BCUT2D eigenvalue weighted by atomic mass is 9.67. The molecule has 1 heterocycles. The van der Waals surface area contributed by atoms with Gasteiger partial charge in [0.2, 0.25) is 0 Å². The molecule has 19 heavy (non-hydrogen) atoms. The Bertz CT molecular complexity index is 450.